The highest BCUT2D eigenvalue weighted by atomic mass is 19.4. The van der Waals surface area contributed by atoms with Gasteiger partial charge in [-0.1, -0.05) is 102 Å². The van der Waals surface area contributed by atoms with Gasteiger partial charge in [0.1, 0.15) is 0 Å². The summed E-state index contributed by atoms with van der Waals surface area (Å²) in [4.78, 5) is 15.8. The predicted octanol–water partition coefficient (Wildman–Crippen LogP) is 9.57. The highest BCUT2D eigenvalue weighted by Gasteiger charge is 2.30. The monoisotopic (exact) mass is 559 g/mol. The van der Waals surface area contributed by atoms with Crippen molar-refractivity contribution in [3.63, 3.8) is 0 Å². The highest BCUT2D eigenvalue weighted by Crippen LogP contribution is 2.29. The zero-order valence-corrected chi connectivity index (χ0v) is 25.4. The molecule has 0 spiro atoms. The fraction of sp³-hybridized carbons (Fsp3) is 0.485. The van der Waals surface area contributed by atoms with Crippen LogP contribution in [0.25, 0.3) is 5.57 Å². The lowest BCUT2D eigenvalue weighted by molar-refractivity contribution is -0.137. The van der Waals surface area contributed by atoms with E-state index < -0.39 is 11.7 Å². The number of amides is 1. The van der Waals surface area contributed by atoms with Gasteiger partial charge >= 0.3 is 6.18 Å². The van der Waals surface area contributed by atoms with Crippen LogP contribution in [0.2, 0.25) is 0 Å². The number of allylic oxidation sites excluding steroid dienone is 1. The van der Waals surface area contributed by atoms with Crippen LogP contribution in [0.4, 0.5) is 13.2 Å². The molecule has 0 fully saturated rings. The molecule has 0 aromatic heterocycles. The number of carbonyl (C=O) groups is 1. The Kier molecular flexibility index (Phi) is 19.0. The van der Waals surface area contributed by atoms with Crippen molar-refractivity contribution in [2.75, 3.05) is 13.6 Å². The van der Waals surface area contributed by atoms with Crippen LogP contribution in [-0.2, 0) is 17.4 Å². The van der Waals surface area contributed by atoms with Gasteiger partial charge in [-0.05, 0) is 61.4 Å². The van der Waals surface area contributed by atoms with Crippen LogP contribution in [-0.4, -0.2) is 37.4 Å². The summed E-state index contributed by atoms with van der Waals surface area (Å²) < 4.78 is 37.9. The minimum Gasteiger partial charge on any atom is -0.304 e. The first-order valence-corrected chi connectivity index (χ1v) is 14.2. The number of hydrogen-bond donors (Lipinski definition) is 0. The van der Waals surface area contributed by atoms with Crippen LogP contribution in [0, 0.1) is 6.92 Å². The molecule has 1 amide bonds. The third-order valence-corrected chi connectivity index (χ3v) is 5.98. The van der Waals surface area contributed by atoms with Gasteiger partial charge in [0.2, 0.25) is 5.91 Å². The molecule has 1 heterocycles. The summed E-state index contributed by atoms with van der Waals surface area (Å²) in [7, 11) is 1.64. The molecular weight excluding hydrogens is 511 g/mol. The number of rotatable bonds is 8. The van der Waals surface area contributed by atoms with E-state index in [1.165, 1.54) is 49.2 Å². The quantitative estimate of drug-likeness (QED) is 0.235. The van der Waals surface area contributed by atoms with E-state index >= 15 is 0 Å². The summed E-state index contributed by atoms with van der Waals surface area (Å²) in [6.07, 6.45) is 4.88. The van der Waals surface area contributed by atoms with Crippen molar-refractivity contribution in [3.05, 3.63) is 76.4 Å². The fourth-order valence-corrected chi connectivity index (χ4v) is 3.69. The largest absolute Gasteiger partial charge is 0.416 e. The summed E-state index contributed by atoms with van der Waals surface area (Å²) in [5.74, 6) is -0.159. The first-order valence-electron chi connectivity index (χ1n) is 14.2. The topological polar surface area (TPSA) is 45.0 Å². The van der Waals surface area contributed by atoms with Crippen LogP contribution < -0.4 is 0 Å². The number of benzene rings is 2. The molecule has 1 aliphatic rings. The summed E-state index contributed by atoms with van der Waals surface area (Å²) in [6, 6.07) is 13.0. The number of aliphatic imine (C=N–C) groups is 1. The Morgan fingerprint density at radius 3 is 1.95 bits per heavy atom. The minimum absolute atomic E-state index is 0.159. The van der Waals surface area contributed by atoms with Gasteiger partial charge in [-0.2, -0.15) is 18.3 Å². The number of hydrazone groups is 1. The molecule has 0 bridgehead atoms. The van der Waals surface area contributed by atoms with Crippen LogP contribution >= 0.6 is 0 Å². The van der Waals surface area contributed by atoms with Crippen molar-refractivity contribution >= 4 is 24.4 Å². The van der Waals surface area contributed by atoms with Crippen molar-refractivity contribution in [3.8, 4) is 0 Å². The van der Waals surface area contributed by atoms with Gasteiger partial charge < -0.3 is 4.99 Å². The highest BCUT2D eigenvalue weighted by molar-refractivity contribution is 5.94. The molecule has 0 aliphatic carbocycles. The third kappa shape index (κ3) is 14.2. The Labute approximate surface area is 240 Å². The Morgan fingerprint density at radius 1 is 0.950 bits per heavy atom. The van der Waals surface area contributed by atoms with Gasteiger partial charge in [0, 0.05) is 13.5 Å². The molecule has 0 saturated carbocycles. The molecule has 0 atom stereocenters. The Hall–Kier alpha value is -3.22. The average molecular weight is 560 g/mol. The zero-order valence-electron chi connectivity index (χ0n) is 25.4. The van der Waals surface area contributed by atoms with Gasteiger partial charge in [0.05, 0.1) is 18.3 Å². The zero-order chi connectivity index (χ0) is 30.6. The van der Waals surface area contributed by atoms with Crippen LogP contribution in [0.3, 0.4) is 0 Å². The number of halogens is 3. The summed E-state index contributed by atoms with van der Waals surface area (Å²) in [5.41, 5.74) is 4.26. The lowest BCUT2D eigenvalue weighted by Crippen LogP contribution is -2.30. The molecule has 0 unspecified atom stereocenters. The van der Waals surface area contributed by atoms with Gasteiger partial charge in [-0.3, -0.25) is 4.79 Å². The molecule has 0 saturated heterocycles. The van der Waals surface area contributed by atoms with Crippen LogP contribution in [0.15, 0.2) is 64.2 Å². The maximum Gasteiger partial charge on any atom is 0.416 e. The Balaban J connectivity index is 0.00000108. The molecule has 40 heavy (non-hydrogen) atoms. The van der Waals surface area contributed by atoms with Crippen molar-refractivity contribution in [1.82, 2.24) is 5.01 Å². The smallest absolute Gasteiger partial charge is 0.304 e. The number of aryl methyl sites for hydroxylation is 2. The molecule has 0 N–H and O–H groups in total. The standard InChI is InChI=1S/C22H21F3N2O.C7H16.C2H5N.C2H6/c1-15-3-8-18(9-4-15)20-14-27(26-13-16(20)2)21(28)12-7-17-5-10-19(11-6-17)22(23,24)25;1-3-5-7-6-4-2;1-3-2;1-2/h3-6,8-11,13H,7,12,14H2,1-2H3;3-7H2,1-2H3;1H2,2H3;1-2H3. The first-order chi connectivity index (χ1) is 19.1. The molecule has 4 nitrogen and oxygen atoms in total. The van der Waals surface area contributed by atoms with E-state index in [0.29, 0.717) is 18.5 Å². The van der Waals surface area contributed by atoms with E-state index in [4.69, 9.17) is 0 Å². The number of nitrogens with zero attached hydrogens (tertiary/aromatic N) is 3. The molecule has 1 aliphatic heterocycles. The Morgan fingerprint density at radius 2 is 1.48 bits per heavy atom. The van der Waals surface area contributed by atoms with Gasteiger partial charge in [-0.25, -0.2) is 5.01 Å². The lowest BCUT2D eigenvalue weighted by Gasteiger charge is -2.24. The summed E-state index contributed by atoms with van der Waals surface area (Å²) >= 11 is 0. The second-order valence-corrected chi connectivity index (χ2v) is 9.30. The van der Waals surface area contributed by atoms with Gasteiger partial charge in [-0.15, -0.1) is 0 Å². The second kappa shape index (κ2) is 20.7. The molecule has 2 aromatic rings. The number of unbranched alkanes of at least 4 members (excludes halogenated alkanes) is 4. The van der Waals surface area contributed by atoms with E-state index in [-0.39, 0.29) is 12.3 Å². The van der Waals surface area contributed by atoms with E-state index in [9.17, 15) is 18.0 Å². The Bertz CT molecular complexity index is 1040. The lowest BCUT2D eigenvalue weighted by atomic mass is 9.99. The van der Waals surface area contributed by atoms with E-state index in [1.807, 2.05) is 52.0 Å². The summed E-state index contributed by atoms with van der Waals surface area (Å²) in [6.45, 7) is 16.0. The predicted molar refractivity (Wildman–Crippen MR) is 165 cm³/mol. The third-order valence-electron chi connectivity index (χ3n) is 5.98. The minimum atomic E-state index is -4.35. The molecule has 3 rings (SSSR count). The average Bonchev–Trinajstić information content (AvgIpc) is 2.94. The maximum atomic E-state index is 12.6. The van der Waals surface area contributed by atoms with Crippen molar-refractivity contribution in [2.45, 2.75) is 92.7 Å². The van der Waals surface area contributed by atoms with Crippen molar-refractivity contribution in [2.24, 2.45) is 10.1 Å². The SMILES string of the molecule is C=NC.CC.CC1=C(c2ccc(C)cc2)CN(C(=O)CCc2ccc(C(F)(F)F)cc2)N=C1.CCCCCCC. The van der Waals surface area contributed by atoms with E-state index in [2.05, 4.69) is 30.7 Å². The number of carbonyl (C=O) groups excluding carboxylic acids is 1. The number of hydrogen-bond acceptors (Lipinski definition) is 3. The van der Waals surface area contributed by atoms with E-state index in [0.717, 1.165) is 34.4 Å². The van der Waals surface area contributed by atoms with Gasteiger partial charge in [0.25, 0.3) is 0 Å². The fourth-order valence-electron chi connectivity index (χ4n) is 3.69. The normalized spacial score (nSPS) is 12.3. The first kappa shape index (κ1) is 36.8. The molecular formula is C33H48F3N3O. The van der Waals surface area contributed by atoms with Gasteiger partial charge in [0.15, 0.2) is 0 Å². The molecule has 7 heteroatoms. The van der Waals surface area contributed by atoms with Crippen molar-refractivity contribution in [1.29, 1.82) is 0 Å². The summed E-state index contributed by atoms with van der Waals surface area (Å²) in [5, 5.41) is 5.64. The second-order valence-electron chi connectivity index (χ2n) is 9.30. The van der Waals surface area contributed by atoms with Crippen LogP contribution in [0.5, 0.6) is 0 Å². The van der Waals surface area contributed by atoms with E-state index in [1.54, 1.807) is 13.3 Å². The molecule has 222 valence electrons. The molecule has 2 aromatic carbocycles. The van der Waals surface area contributed by atoms with Crippen LogP contribution in [0.1, 0.15) is 95.4 Å². The molecule has 0 radical (unpaired) electrons. The van der Waals surface area contributed by atoms with Crippen molar-refractivity contribution < 1.29 is 18.0 Å². The maximum absolute atomic E-state index is 12.6. The number of alkyl halides is 3.